The van der Waals surface area contributed by atoms with Crippen LogP contribution in [-0.2, 0) is 9.53 Å². The minimum absolute atomic E-state index is 0.0412. The van der Waals surface area contributed by atoms with Crippen LogP contribution in [0, 0.1) is 5.92 Å². The molecule has 1 fully saturated rings. The molecule has 0 spiro atoms. The monoisotopic (exact) mass is 265 g/mol. The lowest BCUT2D eigenvalue weighted by Gasteiger charge is -2.27. The zero-order chi connectivity index (χ0) is 13.7. The fraction of sp³-hybridized carbons (Fsp3) is 0.615. The van der Waals surface area contributed by atoms with Gasteiger partial charge < -0.3 is 14.8 Å². The van der Waals surface area contributed by atoms with Gasteiger partial charge in [-0.05, 0) is 25.7 Å². The van der Waals surface area contributed by atoms with Crippen molar-refractivity contribution in [1.82, 2.24) is 9.97 Å². The first-order chi connectivity index (χ1) is 9.22. The third-order valence-electron chi connectivity index (χ3n) is 3.44. The normalized spacial score (nSPS) is 22.6. The third-order valence-corrected chi connectivity index (χ3v) is 3.44. The van der Waals surface area contributed by atoms with E-state index in [4.69, 9.17) is 9.47 Å². The summed E-state index contributed by atoms with van der Waals surface area (Å²) in [4.78, 5) is 19.8. The molecule has 0 radical (unpaired) electrons. The average molecular weight is 265 g/mol. The van der Waals surface area contributed by atoms with Crippen molar-refractivity contribution < 1.29 is 14.3 Å². The minimum atomic E-state index is -0.0976. The molecular formula is C13H19N3O3. The first-order valence-corrected chi connectivity index (χ1v) is 6.43. The van der Waals surface area contributed by atoms with E-state index < -0.39 is 0 Å². The van der Waals surface area contributed by atoms with Gasteiger partial charge in [0.15, 0.2) is 0 Å². The van der Waals surface area contributed by atoms with E-state index in [0.29, 0.717) is 17.7 Å². The van der Waals surface area contributed by atoms with Crippen molar-refractivity contribution in [3.05, 3.63) is 12.4 Å². The number of hydrogen-bond donors (Lipinski definition) is 1. The third kappa shape index (κ3) is 3.56. The summed E-state index contributed by atoms with van der Waals surface area (Å²) in [5.74, 6) is 1.15. The molecule has 1 aliphatic rings. The van der Waals surface area contributed by atoms with Crippen molar-refractivity contribution >= 4 is 11.8 Å². The second-order valence-electron chi connectivity index (χ2n) is 4.66. The molecule has 1 heterocycles. The number of anilines is 1. The van der Waals surface area contributed by atoms with Crippen LogP contribution in [0.5, 0.6) is 5.88 Å². The average Bonchev–Trinajstić information content (AvgIpc) is 2.47. The summed E-state index contributed by atoms with van der Waals surface area (Å²) in [6.07, 6.45) is 6.80. The van der Waals surface area contributed by atoms with Gasteiger partial charge in [0.25, 0.3) is 0 Å². The quantitative estimate of drug-likeness (QED) is 0.834. The van der Waals surface area contributed by atoms with Gasteiger partial charge in [-0.15, -0.1) is 0 Å². The molecule has 19 heavy (non-hydrogen) atoms. The summed E-state index contributed by atoms with van der Waals surface area (Å²) in [6.45, 7) is 0. The SMILES string of the molecule is COC(=O)C1CCC(Nc2cncc(OC)n2)CC1. The second-order valence-corrected chi connectivity index (χ2v) is 4.66. The highest BCUT2D eigenvalue weighted by molar-refractivity contribution is 5.72. The summed E-state index contributed by atoms with van der Waals surface area (Å²) in [6, 6.07) is 0.322. The van der Waals surface area contributed by atoms with Crippen molar-refractivity contribution in [1.29, 1.82) is 0 Å². The molecule has 6 heteroatoms. The van der Waals surface area contributed by atoms with E-state index >= 15 is 0 Å². The Morgan fingerprint density at radius 2 is 2.00 bits per heavy atom. The highest BCUT2D eigenvalue weighted by atomic mass is 16.5. The van der Waals surface area contributed by atoms with Crippen LogP contribution in [-0.4, -0.2) is 36.2 Å². The molecular weight excluding hydrogens is 246 g/mol. The molecule has 0 amide bonds. The predicted molar refractivity (Wildman–Crippen MR) is 70.0 cm³/mol. The highest BCUT2D eigenvalue weighted by Gasteiger charge is 2.26. The number of carbonyl (C=O) groups excluding carboxylic acids is 1. The van der Waals surface area contributed by atoms with Crippen LogP contribution in [0.1, 0.15) is 25.7 Å². The largest absolute Gasteiger partial charge is 0.480 e. The van der Waals surface area contributed by atoms with Crippen LogP contribution in [0.25, 0.3) is 0 Å². The van der Waals surface area contributed by atoms with Gasteiger partial charge in [-0.2, -0.15) is 4.98 Å². The molecule has 1 saturated carbocycles. The van der Waals surface area contributed by atoms with Gasteiger partial charge in [-0.25, -0.2) is 0 Å². The van der Waals surface area contributed by atoms with Gasteiger partial charge in [0.1, 0.15) is 5.82 Å². The Morgan fingerprint density at radius 3 is 2.63 bits per heavy atom. The molecule has 0 aromatic carbocycles. The summed E-state index contributed by atoms with van der Waals surface area (Å²) >= 11 is 0. The fourth-order valence-electron chi connectivity index (χ4n) is 2.37. The second kappa shape index (κ2) is 6.36. The Kier molecular flexibility index (Phi) is 4.54. The van der Waals surface area contributed by atoms with Crippen LogP contribution in [0.3, 0.4) is 0 Å². The number of nitrogens with zero attached hydrogens (tertiary/aromatic N) is 2. The van der Waals surface area contributed by atoms with E-state index in [0.717, 1.165) is 25.7 Å². The molecule has 1 aromatic heterocycles. The number of aromatic nitrogens is 2. The fourth-order valence-corrected chi connectivity index (χ4v) is 2.37. The van der Waals surface area contributed by atoms with Crippen molar-refractivity contribution in [2.75, 3.05) is 19.5 Å². The number of nitrogens with one attached hydrogen (secondary N) is 1. The maximum atomic E-state index is 11.4. The van der Waals surface area contributed by atoms with Crippen LogP contribution in [0.15, 0.2) is 12.4 Å². The number of hydrogen-bond acceptors (Lipinski definition) is 6. The van der Waals surface area contributed by atoms with E-state index in [-0.39, 0.29) is 11.9 Å². The van der Waals surface area contributed by atoms with Gasteiger partial charge in [0.2, 0.25) is 5.88 Å². The zero-order valence-corrected chi connectivity index (χ0v) is 11.3. The molecule has 1 aliphatic carbocycles. The number of ether oxygens (including phenoxy) is 2. The Balaban J connectivity index is 1.86. The molecule has 0 aliphatic heterocycles. The van der Waals surface area contributed by atoms with Crippen molar-refractivity contribution in [2.45, 2.75) is 31.7 Å². The zero-order valence-electron chi connectivity index (χ0n) is 11.3. The topological polar surface area (TPSA) is 73.3 Å². The predicted octanol–water partition coefficient (Wildman–Crippen LogP) is 1.63. The molecule has 6 nitrogen and oxygen atoms in total. The first-order valence-electron chi connectivity index (χ1n) is 6.43. The van der Waals surface area contributed by atoms with Crippen molar-refractivity contribution in [3.8, 4) is 5.88 Å². The van der Waals surface area contributed by atoms with Crippen LogP contribution in [0.2, 0.25) is 0 Å². The van der Waals surface area contributed by atoms with E-state index in [9.17, 15) is 4.79 Å². The molecule has 1 aromatic rings. The minimum Gasteiger partial charge on any atom is -0.480 e. The summed E-state index contributed by atoms with van der Waals surface area (Å²) in [5.41, 5.74) is 0. The lowest BCUT2D eigenvalue weighted by molar-refractivity contribution is -0.146. The van der Waals surface area contributed by atoms with E-state index in [1.165, 1.54) is 7.11 Å². The Labute approximate surface area is 112 Å². The summed E-state index contributed by atoms with van der Waals surface area (Å²) in [7, 11) is 3.01. The lowest BCUT2D eigenvalue weighted by Crippen LogP contribution is -2.30. The maximum Gasteiger partial charge on any atom is 0.308 e. The lowest BCUT2D eigenvalue weighted by atomic mass is 9.86. The highest BCUT2D eigenvalue weighted by Crippen LogP contribution is 2.27. The van der Waals surface area contributed by atoms with Gasteiger partial charge >= 0.3 is 5.97 Å². The molecule has 104 valence electrons. The Hall–Kier alpha value is -1.85. The Bertz CT molecular complexity index is 431. The van der Waals surface area contributed by atoms with Crippen molar-refractivity contribution in [3.63, 3.8) is 0 Å². The van der Waals surface area contributed by atoms with Crippen LogP contribution in [0.4, 0.5) is 5.82 Å². The smallest absolute Gasteiger partial charge is 0.308 e. The van der Waals surface area contributed by atoms with E-state index in [2.05, 4.69) is 15.3 Å². The molecule has 2 rings (SSSR count). The van der Waals surface area contributed by atoms with Gasteiger partial charge in [0.05, 0.1) is 32.5 Å². The molecule has 0 bridgehead atoms. The van der Waals surface area contributed by atoms with Gasteiger partial charge in [0, 0.05) is 6.04 Å². The number of carbonyl (C=O) groups is 1. The number of methoxy groups -OCH3 is 2. The van der Waals surface area contributed by atoms with Crippen LogP contribution >= 0.6 is 0 Å². The summed E-state index contributed by atoms with van der Waals surface area (Å²) in [5, 5.41) is 3.33. The Morgan fingerprint density at radius 1 is 1.26 bits per heavy atom. The molecule has 0 atom stereocenters. The standard InChI is InChI=1S/C13H19N3O3/c1-18-12-8-14-7-11(16-12)15-10-5-3-9(4-6-10)13(17)19-2/h7-10H,3-6H2,1-2H3,(H,15,16). The number of esters is 1. The van der Waals surface area contributed by atoms with E-state index in [1.54, 1.807) is 19.5 Å². The number of rotatable bonds is 4. The molecule has 0 unspecified atom stereocenters. The van der Waals surface area contributed by atoms with Crippen molar-refractivity contribution in [2.24, 2.45) is 5.92 Å². The summed E-state index contributed by atoms with van der Waals surface area (Å²) < 4.78 is 9.81. The maximum absolute atomic E-state index is 11.4. The first kappa shape index (κ1) is 13.6. The van der Waals surface area contributed by atoms with Gasteiger partial charge in [-0.1, -0.05) is 0 Å². The van der Waals surface area contributed by atoms with Crippen LogP contribution < -0.4 is 10.1 Å². The van der Waals surface area contributed by atoms with Gasteiger partial charge in [-0.3, -0.25) is 9.78 Å². The molecule has 1 N–H and O–H groups in total. The van der Waals surface area contributed by atoms with E-state index in [1.807, 2.05) is 0 Å². The molecule has 0 saturated heterocycles.